The zero-order chi connectivity index (χ0) is 20.1. The van der Waals surface area contributed by atoms with Gasteiger partial charge < -0.3 is 15.8 Å². The Morgan fingerprint density at radius 2 is 1.90 bits per heavy atom. The summed E-state index contributed by atoms with van der Waals surface area (Å²) in [5, 5.41) is 11.4. The lowest BCUT2D eigenvalue weighted by Gasteiger charge is -2.38. The van der Waals surface area contributed by atoms with Crippen LogP contribution in [0.3, 0.4) is 0 Å². The number of hydrogen-bond acceptors (Lipinski definition) is 3. The standard InChI is InChI=1S/C24H22FN3O/c1-29-15-7-8-20(25)17(12-15)23-19-10-13-4-2-3-5-16(13)22(19)18-11-14(24(26)27)6-9-21(18)28-23/h2-9,11-12,19,22-23,28H,10H2,1H3,(H3,26,27). The molecule has 3 atom stereocenters. The van der Waals surface area contributed by atoms with E-state index in [0.717, 1.165) is 17.7 Å². The molecule has 0 saturated heterocycles. The molecule has 29 heavy (non-hydrogen) atoms. The number of nitrogens with two attached hydrogens (primary N) is 1. The molecule has 5 heteroatoms. The molecule has 2 aliphatic rings. The van der Waals surface area contributed by atoms with E-state index in [2.05, 4.69) is 29.6 Å². The van der Waals surface area contributed by atoms with Gasteiger partial charge in [0.15, 0.2) is 0 Å². The molecule has 0 spiro atoms. The van der Waals surface area contributed by atoms with E-state index in [-0.39, 0.29) is 29.5 Å². The molecule has 146 valence electrons. The van der Waals surface area contributed by atoms with E-state index in [1.807, 2.05) is 18.2 Å². The fourth-order valence-electron chi connectivity index (χ4n) is 4.92. The van der Waals surface area contributed by atoms with Gasteiger partial charge in [-0.3, -0.25) is 5.41 Å². The Bertz CT molecular complexity index is 1130. The number of nitrogen functional groups attached to an aromatic ring is 1. The summed E-state index contributed by atoms with van der Waals surface area (Å²) in [6.45, 7) is 0. The molecule has 0 amide bonds. The molecule has 1 aliphatic heterocycles. The van der Waals surface area contributed by atoms with Crippen LogP contribution in [0.1, 0.15) is 39.8 Å². The van der Waals surface area contributed by atoms with Crippen LogP contribution in [-0.2, 0) is 6.42 Å². The van der Waals surface area contributed by atoms with Crippen LogP contribution >= 0.6 is 0 Å². The molecule has 3 aromatic rings. The second kappa shape index (κ2) is 6.62. The lowest BCUT2D eigenvalue weighted by Crippen LogP contribution is -2.31. The Hall–Kier alpha value is -3.34. The van der Waals surface area contributed by atoms with Crippen molar-refractivity contribution in [3.63, 3.8) is 0 Å². The molecule has 4 N–H and O–H groups in total. The molecule has 0 aromatic heterocycles. The second-order valence-corrected chi connectivity index (χ2v) is 7.77. The van der Waals surface area contributed by atoms with Crippen molar-refractivity contribution in [2.45, 2.75) is 18.4 Å². The summed E-state index contributed by atoms with van der Waals surface area (Å²) in [5.41, 5.74) is 11.7. The molecular weight excluding hydrogens is 365 g/mol. The van der Waals surface area contributed by atoms with E-state index in [1.165, 1.54) is 17.2 Å². The first-order chi connectivity index (χ1) is 14.1. The molecule has 1 aliphatic carbocycles. The molecular formula is C24H22FN3O. The van der Waals surface area contributed by atoms with E-state index < -0.39 is 0 Å². The first-order valence-corrected chi connectivity index (χ1v) is 9.73. The fourth-order valence-corrected chi connectivity index (χ4v) is 4.92. The predicted molar refractivity (Wildman–Crippen MR) is 112 cm³/mol. The minimum absolute atomic E-state index is 0.0524. The highest BCUT2D eigenvalue weighted by atomic mass is 19.1. The molecule has 5 rings (SSSR count). The molecule has 0 radical (unpaired) electrons. The van der Waals surface area contributed by atoms with Crippen molar-refractivity contribution in [1.29, 1.82) is 5.41 Å². The highest BCUT2D eigenvalue weighted by molar-refractivity contribution is 5.95. The van der Waals surface area contributed by atoms with Gasteiger partial charge in [0, 0.05) is 22.7 Å². The molecule has 0 fully saturated rings. The van der Waals surface area contributed by atoms with Gasteiger partial charge in [-0.05, 0) is 65.4 Å². The van der Waals surface area contributed by atoms with Gasteiger partial charge >= 0.3 is 0 Å². The van der Waals surface area contributed by atoms with E-state index in [0.29, 0.717) is 16.9 Å². The number of anilines is 1. The SMILES string of the molecule is COc1ccc(F)c(C2Nc3ccc(C(=N)N)cc3C3c4ccccc4CC23)c1. The van der Waals surface area contributed by atoms with E-state index >= 15 is 0 Å². The van der Waals surface area contributed by atoms with Gasteiger partial charge in [0.1, 0.15) is 17.4 Å². The first kappa shape index (κ1) is 17.7. The lowest BCUT2D eigenvalue weighted by atomic mass is 9.75. The number of benzene rings is 3. The van der Waals surface area contributed by atoms with Crippen LogP contribution in [0.4, 0.5) is 10.1 Å². The average Bonchev–Trinajstić information content (AvgIpc) is 3.13. The van der Waals surface area contributed by atoms with Crippen LogP contribution < -0.4 is 15.8 Å². The minimum Gasteiger partial charge on any atom is -0.497 e. The first-order valence-electron chi connectivity index (χ1n) is 9.73. The smallest absolute Gasteiger partial charge is 0.128 e. The number of amidine groups is 1. The number of methoxy groups -OCH3 is 1. The van der Waals surface area contributed by atoms with Crippen molar-refractivity contribution < 1.29 is 9.13 Å². The van der Waals surface area contributed by atoms with Crippen LogP contribution in [-0.4, -0.2) is 12.9 Å². The number of rotatable bonds is 3. The third-order valence-electron chi connectivity index (χ3n) is 6.25. The summed E-state index contributed by atoms with van der Waals surface area (Å²) in [6, 6.07) is 19.0. The number of fused-ring (bicyclic) bond motifs is 5. The zero-order valence-electron chi connectivity index (χ0n) is 16.1. The van der Waals surface area contributed by atoms with Crippen molar-refractivity contribution in [2.75, 3.05) is 12.4 Å². The lowest BCUT2D eigenvalue weighted by molar-refractivity contribution is 0.396. The molecule has 3 unspecified atom stereocenters. The Morgan fingerprint density at radius 3 is 2.69 bits per heavy atom. The number of hydrogen-bond donors (Lipinski definition) is 3. The van der Waals surface area contributed by atoms with Crippen molar-refractivity contribution >= 4 is 11.5 Å². The summed E-state index contributed by atoms with van der Waals surface area (Å²) in [7, 11) is 1.60. The second-order valence-electron chi connectivity index (χ2n) is 7.77. The molecule has 3 aromatic carbocycles. The maximum atomic E-state index is 14.9. The van der Waals surface area contributed by atoms with Gasteiger partial charge in [-0.2, -0.15) is 0 Å². The number of halogens is 1. The van der Waals surface area contributed by atoms with Crippen LogP contribution in [0.2, 0.25) is 0 Å². The Kier molecular flexibility index (Phi) is 4.05. The topological polar surface area (TPSA) is 71.1 Å². The van der Waals surface area contributed by atoms with Gasteiger partial charge in [0.25, 0.3) is 0 Å². The van der Waals surface area contributed by atoms with Gasteiger partial charge in [0.2, 0.25) is 0 Å². The van der Waals surface area contributed by atoms with Gasteiger partial charge in [-0.25, -0.2) is 4.39 Å². The van der Waals surface area contributed by atoms with Crippen LogP contribution in [0, 0.1) is 17.1 Å². The number of ether oxygens (including phenoxy) is 1. The third-order valence-corrected chi connectivity index (χ3v) is 6.25. The summed E-state index contributed by atoms with van der Waals surface area (Å²) < 4.78 is 20.2. The van der Waals surface area contributed by atoms with Crippen LogP contribution in [0.25, 0.3) is 0 Å². The zero-order valence-corrected chi connectivity index (χ0v) is 16.1. The predicted octanol–water partition coefficient (Wildman–Crippen LogP) is 4.59. The molecule has 0 saturated carbocycles. The fraction of sp³-hybridized carbons (Fsp3) is 0.208. The normalized spacial score (nSPS) is 21.5. The summed E-state index contributed by atoms with van der Waals surface area (Å²) >= 11 is 0. The Morgan fingerprint density at radius 1 is 1.07 bits per heavy atom. The number of nitrogens with one attached hydrogen (secondary N) is 2. The van der Waals surface area contributed by atoms with Gasteiger partial charge in [-0.1, -0.05) is 24.3 Å². The molecule has 0 bridgehead atoms. The maximum Gasteiger partial charge on any atom is 0.128 e. The average molecular weight is 387 g/mol. The van der Waals surface area contributed by atoms with Crippen LogP contribution in [0.15, 0.2) is 60.7 Å². The summed E-state index contributed by atoms with van der Waals surface area (Å²) in [4.78, 5) is 0. The highest BCUT2D eigenvalue weighted by Gasteiger charge is 2.44. The Balaban J connectivity index is 1.69. The van der Waals surface area contributed by atoms with E-state index in [1.54, 1.807) is 19.2 Å². The molecule has 4 nitrogen and oxygen atoms in total. The van der Waals surface area contributed by atoms with E-state index in [9.17, 15) is 4.39 Å². The third kappa shape index (κ3) is 2.77. The van der Waals surface area contributed by atoms with Gasteiger partial charge in [-0.15, -0.1) is 0 Å². The van der Waals surface area contributed by atoms with Crippen molar-refractivity contribution in [1.82, 2.24) is 0 Å². The minimum atomic E-state index is -0.234. The quantitative estimate of drug-likeness (QED) is 0.455. The monoisotopic (exact) mass is 387 g/mol. The van der Waals surface area contributed by atoms with Crippen molar-refractivity contribution in [3.05, 3.63) is 94.3 Å². The maximum absolute atomic E-state index is 14.9. The largest absolute Gasteiger partial charge is 0.497 e. The summed E-state index contributed by atoms with van der Waals surface area (Å²) in [5.74, 6) is 0.743. The van der Waals surface area contributed by atoms with Gasteiger partial charge in [0.05, 0.1) is 13.2 Å². The van der Waals surface area contributed by atoms with Crippen LogP contribution in [0.5, 0.6) is 5.75 Å². The van der Waals surface area contributed by atoms with E-state index in [4.69, 9.17) is 15.9 Å². The molecule has 1 heterocycles. The summed E-state index contributed by atoms with van der Waals surface area (Å²) in [6.07, 6.45) is 0.860. The van der Waals surface area contributed by atoms with Crippen molar-refractivity contribution in [2.24, 2.45) is 11.7 Å². The Labute approximate surface area is 169 Å². The highest BCUT2D eigenvalue weighted by Crippen LogP contribution is 2.54. The van der Waals surface area contributed by atoms with Crippen molar-refractivity contribution in [3.8, 4) is 5.75 Å².